The Labute approximate surface area is 161 Å². The molecule has 0 N–H and O–H groups in total. The second-order valence-corrected chi connectivity index (χ2v) is 7.50. The van der Waals surface area contributed by atoms with Crippen molar-refractivity contribution >= 4 is 56.7 Å². The van der Waals surface area contributed by atoms with Crippen LogP contribution in [0.3, 0.4) is 0 Å². The molecule has 1 fully saturated rings. The summed E-state index contributed by atoms with van der Waals surface area (Å²) in [6.45, 7) is 0. The number of carbonyl (C=O) groups is 1. The van der Waals surface area contributed by atoms with Crippen LogP contribution in [0.4, 0.5) is 5.69 Å². The summed E-state index contributed by atoms with van der Waals surface area (Å²) >= 11 is 6.75. The van der Waals surface area contributed by atoms with Crippen molar-refractivity contribution in [3.05, 3.63) is 77.2 Å². The van der Waals surface area contributed by atoms with Crippen molar-refractivity contribution in [1.29, 1.82) is 0 Å². The summed E-state index contributed by atoms with van der Waals surface area (Å²) in [4.78, 5) is 15.0. The number of fused-ring (bicyclic) bond motifs is 1. The normalized spacial score (nSPS) is 15.9. The molecule has 0 saturated carbocycles. The number of hydrogen-bond acceptors (Lipinski definition) is 4. The van der Waals surface area contributed by atoms with Crippen molar-refractivity contribution in [2.75, 3.05) is 12.0 Å². The fraction of sp³-hybridized carbons (Fsp3) is 0.0476. The number of thiocarbonyl (C=S) groups is 1. The zero-order valence-corrected chi connectivity index (χ0v) is 15.6. The lowest BCUT2D eigenvalue weighted by atomic mass is 10.1. The first-order valence-electron chi connectivity index (χ1n) is 8.06. The summed E-state index contributed by atoms with van der Waals surface area (Å²) in [6.07, 6.45) is 1.90. The highest BCUT2D eigenvalue weighted by atomic mass is 32.2. The second kappa shape index (κ2) is 6.94. The Morgan fingerprint density at radius 3 is 2.46 bits per heavy atom. The van der Waals surface area contributed by atoms with E-state index in [9.17, 15) is 4.79 Å². The molecule has 3 aromatic rings. The van der Waals surface area contributed by atoms with Gasteiger partial charge in [0.1, 0.15) is 5.75 Å². The minimum atomic E-state index is -0.0988. The first kappa shape index (κ1) is 16.8. The number of methoxy groups -OCH3 is 1. The van der Waals surface area contributed by atoms with E-state index in [1.165, 1.54) is 17.1 Å². The molecule has 0 aromatic heterocycles. The van der Waals surface area contributed by atoms with E-state index >= 15 is 0 Å². The first-order chi connectivity index (χ1) is 12.7. The zero-order valence-electron chi connectivity index (χ0n) is 14.0. The highest BCUT2D eigenvalue weighted by Gasteiger charge is 2.33. The minimum Gasteiger partial charge on any atom is -0.497 e. The van der Waals surface area contributed by atoms with Gasteiger partial charge in [0.15, 0.2) is 4.32 Å². The predicted molar refractivity (Wildman–Crippen MR) is 113 cm³/mol. The number of ether oxygens (including phenoxy) is 1. The van der Waals surface area contributed by atoms with Gasteiger partial charge in [-0.1, -0.05) is 60.4 Å². The van der Waals surface area contributed by atoms with E-state index in [4.69, 9.17) is 17.0 Å². The highest BCUT2D eigenvalue weighted by Crippen LogP contribution is 2.36. The largest absolute Gasteiger partial charge is 0.497 e. The fourth-order valence-corrected chi connectivity index (χ4v) is 4.17. The van der Waals surface area contributed by atoms with E-state index < -0.39 is 0 Å². The van der Waals surface area contributed by atoms with Crippen molar-refractivity contribution in [2.45, 2.75) is 0 Å². The van der Waals surface area contributed by atoms with Gasteiger partial charge >= 0.3 is 0 Å². The lowest BCUT2D eigenvalue weighted by Gasteiger charge is -2.14. The SMILES string of the molecule is COc1ccc(N2C(=O)C(=Cc3ccc4ccccc4c3)SC2=S)cc1. The maximum absolute atomic E-state index is 12.9. The zero-order chi connectivity index (χ0) is 18.1. The van der Waals surface area contributed by atoms with E-state index in [1.54, 1.807) is 12.0 Å². The van der Waals surface area contributed by atoms with Crippen LogP contribution in [-0.2, 0) is 4.79 Å². The molecule has 1 saturated heterocycles. The topological polar surface area (TPSA) is 29.5 Å². The van der Waals surface area contributed by atoms with Gasteiger partial charge < -0.3 is 4.74 Å². The lowest BCUT2D eigenvalue weighted by molar-refractivity contribution is -0.113. The van der Waals surface area contributed by atoms with Crippen LogP contribution < -0.4 is 9.64 Å². The molecule has 4 rings (SSSR count). The number of nitrogens with zero attached hydrogens (tertiary/aromatic N) is 1. The Balaban J connectivity index is 1.65. The van der Waals surface area contributed by atoms with Crippen LogP contribution in [0.1, 0.15) is 5.56 Å². The molecule has 0 spiro atoms. The Morgan fingerprint density at radius 2 is 1.73 bits per heavy atom. The highest BCUT2D eigenvalue weighted by molar-refractivity contribution is 8.27. The molecule has 0 bridgehead atoms. The minimum absolute atomic E-state index is 0.0988. The van der Waals surface area contributed by atoms with Crippen molar-refractivity contribution in [1.82, 2.24) is 0 Å². The Morgan fingerprint density at radius 1 is 1.00 bits per heavy atom. The van der Waals surface area contributed by atoms with Crippen molar-refractivity contribution < 1.29 is 9.53 Å². The first-order valence-corrected chi connectivity index (χ1v) is 9.29. The number of amides is 1. The molecule has 1 heterocycles. The number of hydrogen-bond donors (Lipinski definition) is 0. The van der Waals surface area contributed by atoms with Crippen molar-refractivity contribution in [3.63, 3.8) is 0 Å². The van der Waals surface area contributed by atoms with Gasteiger partial charge in [-0.05, 0) is 52.7 Å². The van der Waals surface area contributed by atoms with Gasteiger partial charge in [0, 0.05) is 0 Å². The summed E-state index contributed by atoms with van der Waals surface area (Å²) in [5, 5.41) is 2.32. The van der Waals surface area contributed by atoms with Crippen LogP contribution in [-0.4, -0.2) is 17.3 Å². The number of benzene rings is 3. The summed E-state index contributed by atoms with van der Waals surface area (Å²) in [5.41, 5.74) is 1.73. The van der Waals surface area contributed by atoms with Crippen LogP contribution in [0.5, 0.6) is 5.75 Å². The molecule has 5 heteroatoms. The third kappa shape index (κ3) is 3.11. The summed E-state index contributed by atoms with van der Waals surface area (Å²) in [7, 11) is 1.61. The maximum atomic E-state index is 12.9. The molecule has 0 unspecified atom stereocenters. The molecular weight excluding hydrogens is 362 g/mol. The molecular formula is C21H15NO2S2. The number of carbonyl (C=O) groups excluding carboxylic acids is 1. The van der Waals surface area contributed by atoms with E-state index in [0.29, 0.717) is 9.23 Å². The van der Waals surface area contributed by atoms with Gasteiger partial charge in [0.2, 0.25) is 0 Å². The number of rotatable bonds is 3. The third-order valence-corrected chi connectivity index (χ3v) is 5.50. The van der Waals surface area contributed by atoms with E-state index in [1.807, 2.05) is 48.5 Å². The molecule has 0 atom stereocenters. The van der Waals surface area contributed by atoms with Crippen molar-refractivity contribution in [2.24, 2.45) is 0 Å². The second-order valence-electron chi connectivity index (χ2n) is 5.82. The predicted octanol–water partition coefficient (Wildman–Crippen LogP) is 5.25. The van der Waals surface area contributed by atoms with Gasteiger partial charge in [0.05, 0.1) is 17.7 Å². The van der Waals surface area contributed by atoms with E-state index in [0.717, 1.165) is 22.4 Å². The number of anilines is 1. The molecule has 0 aliphatic carbocycles. The van der Waals surface area contributed by atoms with Crippen LogP contribution in [0.25, 0.3) is 16.8 Å². The molecule has 1 aliphatic rings. The standard InChI is InChI=1S/C21H15NO2S2/c1-24-18-10-8-17(9-11-18)22-20(23)19(26-21(22)25)13-14-6-7-15-4-2-3-5-16(15)12-14/h2-13H,1H3. The lowest BCUT2D eigenvalue weighted by Crippen LogP contribution is -2.27. The van der Waals surface area contributed by atoms with Gasteiger partial charge in [0.25, 0.3) is 5.91 Å². The van der Waals surface area contributed by atoms with Gasteiger partial charge in [-0.2, -0.15) is 0 Å². The molecule has 1 amide bonds. The Bertz CT molecular complexity index is 1040. The molecule has 1 aliphatic heterocycles. The van der Waals surface area contributed by atoms with Crippen molar-refractivity contribution in [3.8, 4) is 5.75 Å². The van der Waals surface area contributed by atoms with Crippen LogP contribution in [0.2, 0.25) is 0 Å². The summed E-state index contributed by atoms with van der Waals surface area (Å²) < 4.78 is 5.70. The molecule has 3 nitrogen and oxygen atoms in total. The number of thioether (sulfide) groups is 1. The molecule has 128 valence electrons. The fourth-order valence-electron chi connectivity index (χ4n) is 2.87. The van der Waals surface area contributed by atoms with Crippen LogP contribution in [0, 0.1) is 0 Å². The average Bonchev–Trinajstić information content (AvgIpc) is 2.95. The maximum Gasteiger partial charge on any atom is 0.270 e. The van der Waals surface area contributed by atoms with Crippen LogP contribution >= 0.6 is 24.0 Å². The average molecular weight is 377 g/mol. The van der Waals surface area contributed by atoms with E-state index in [2.05, 4.69) is 24.3 Å². The molecule has 3 aromatic carbocycles. The van der Waals surface area contributed by atoms with Gasteiger partial charge in [-0.25, -0.2) is 0 Å². The summed E-state index contributed by atoms with van der Waals surface area (Å²) in [5.74, 6) is 0.643. The Kier molecular flexibility index (Phi) is 4.49. The van der Waals surface area contributed by atoms with E-state index in [-0.39, 0.29) is 5.91 Å². The molecule has 26 heavy (non-hydrogen) atoms. The van der Waals surface area contributed by atoms with Crippen LogP contribution in [0.15, 0.2) is 71.6 Å². The quantitative estimate of drug-likeness (QED) is 0.460. The molecule has 0 radical (unpaired) electrons. The summed E-state index contributed by atoms with van der Waals surface area (Å²) in [6, 6.07) is 21.6. The monoisotopic (exact) mass is 377 g/mol. The van der Waals surface area contributed by atoms with Gasteiger partial charge in [-0.15, -0.1) is 0 Å². The smallest absolute Gasteiger partial charge is 0.270 e. The van der Waals surface area contributed by atoms with Gasteiger partial charge in [-0.3, -0.25) is 9.69 Å². The third-order valence-electron chi connectivity index (χ3n) is 4.20. The Hall–Kier alpha value is -2.63.